The van der Waals surface area contributed by atoms with Crippen molar-refractivity contribution in [1.82, 2.24) is 10.8 Å². The number of nitrogens with one attached hydrogen (secondary N) is 2. The molecular formula is C21H28N2O4. The van der Waals surface area contributed by atoms with Gasteiger partial charge in [0.25, 0.3) is 5.91 Å². The summed E-state index contributed by atoms with van der Waals surface area (Å²) in [6, 6.07) is 15.4. The number of amides is 1. The largest absolute Gasteiger partial charge is 0.497 e. The van der Waals surface area contributed by atoms with Crippen LogP contribution in [0.2, 0.25) is 0 Å². The first-order valence-electron chi connectivity index (χ1n) is 8.98. The van der Waals surface area contributed by atoms with Gasteiger partial charge in [-0.25, -0.2) is 5.48 Å². The lowest BCUT2D eigenvalue weighted by molar-refractivity contribution is -0.137. The second-order valence-corrected chi connectivity index (χ2v) is 7.05. The van der Waals surface area contributed by atoms with Crippen molar-refractivity contribution in [2.45, 2.75) is 38.3 Å². The molecule has 0 aliphatic carbocycles. The van der Waals surface area contributed by atoms with Crippen molar-refractivity contribution in [2.75, 3.05) is 13.7 Å². The summed E-state index contributed by atoms with van der Waals surface area (Å²) >= 11 is 0. The molecule has 2 aromatic carbocycles. The molecule has 0 bridgehead atoms. The molecule has 0 aliphatic heterocycles. The predicted molar refractivity (Wildman–Crippen MR) is 105 cm³/mol. The quantitative estimate of drug-likeness (QED) is 0.308. The van der Waals surface area contributed by atoms with Crippen LogP contribution in [0.1, 0.15) is 25.8 Å². The molecule has 2 rings (SSSR count). The van der Waals surface area contributed by atoms with E-state index < -0.39 is 17.6 Å². The number of ether oxygens (including phenoxy) is 1. The second-order valence-electron chi connectivity index (χ2n) is 7.05. The fourth-order valence-electron chi connectivity index (χ4n) is 2.91. The summed E-state index contributed by atoms with van der Waals surface area (Å²) in [5.74, 6) is 0.188. The summed E-state index contributed by atoms with van der Waals surface area (Å²) in [6.45, 7) is 3.60. The Bertz CT molecular complexity index is 721. The van der Waals surface area contributed by atoms with Crippen LogP contribution >= 0.6 is 0 Å². The molecule has 0 fully saturated rings. The van der Waals surface area contributed by atoms with E-state index in [0.29, 0.717) is 6.54 Å². The molecule has 0 unspecified atom stereocenters. The molecule has 0 saturated carbocycles. The molecule has 1 amide bonds. The van der Waals surface area contributed by atoms with Crippen molar-refractivity contribution in [2.24, 2.45) is 0 Å². The van der Waals surface area contributed by atoms with E-state index in [1.165, 1.54) is 19.4 Å². The zero-order valence-corrected chi connectivity index (χ0v) is 16.0. The van der Waals surface area contributed by atoms with E-state index in [2.05, 4.69) is 29.6 Å². The zero-order chi connectivity index (χ0) is 19.9. The lowest BCUT2D eigenvalue weighted by atomic mass is 9.98. The van der Waals surface area contributed by atoms with Gasteiger partial charge in [-0.05, 0) is 62.1 Å². The zero-order valence-electron chi connectivity index (χ0n) is 16.0. The van der Waals surface area contributed by atoms with E-state index in [9.17, 15) is 9.90 Å². The van der Waals surface area contributed by atoms with Crippen molar-refractivity contribution in [3.63, 3.8) is 0 Å². The maximum absolute atomic E-state index is 11.6. The molecule has 4 N–H and O–H groups in total. The third-order valence-electron chi connectivity index (χ3n) is 4.45. The van der Waals surface area contributed by atoms with Crippen LogP contribution in [0, 0.1) is 0 Å². The lowest BCUT2D eigenvalue weighted by Crippen LogP contribution is -2.55. The van der Waals surface area contributed by atoms with Crippen LogP contribution in [0.5, 0.6) is 5.75 Å². The van der Waals surface area contributed by atoms with Crippen LogP contribution in [0.25, 0.3) is 11.1 Å². The van der Waals surface area contributed by atoms with Crippen molar-refractivity contribution in [3.05, 3.63) is 54.1 Å². The summed E-state index contributed by atoms with van der Waals surface area (Å²) in [6.07, 6.45) is 1.64. The molecule has 0 aromatic heterocycles. The number of methoxy groups -OCH3 is 1. The third-order valence-corrected chi connectivity index (χ3v) is 4.45. The minimum atomic E-state index is -1.27. The normalized spacial score (nSPS) is 12.5. The van der Waals surface area contributed by atoms with Crippen LogP contribution in [0.4, 0.5) is 0 Å². The molecule has 27 heavy (non-hydrogen) atoms. The first-order chi connectivity index (χ1) is 12.8. The van der Waals surface area contributed by atoms with Gasteiger partial charge in [0.2, 0.25) is 0 Å². The van der Waals surface area contributed by atoms with Crippen LogP contribution in [-0.4, -0.2) is 41.5 Å². The molecule has 0 spiro atoms. The number of hydroxylamine groups is 1. The standard InChI is InChI=1S/C21H28N2O4/c1-21(2,25)19(20(24)23-26)22-14-4-5-15-6-8-16(9-7-15)17-10-12-18(27-3)13-11-17/h6-13,19,22,25-26H,4-5,14H2,1-3H3,(H,23,24)/t19-/m1/s1. The Hall–Kier alpha value is -2.41. The van der Waals surface area contributed by atoms with Crippen LogP contribution < -0.4 is 15.5 Å². The number of carbonyl (C=O) groups is 1. The van der Waals surface area contributed by atoms with E-state index in [1.54, 1.807) is 12.6 Å². The van der Waals surface area contributed by atoms with Crippen molar-refractivity contribution >= 4 is 5.91 Å². The number of rotatable bonds is 9. The van der Waals surface area contributed by atoms with E-state index in [0.717, 1.165) is 29.7 Å². The van der Waals surface area contributed by atoms with Gasteiger partial charge in [-0.15, -0.1) is 0 Å². The molecule has 6 heteroatoms. The molecule has 0 aliphatic rings. The highest BCUT2D eigenvalue weighted by Crippen LogP contribution is 2.23. The van der Waals surface area contributed by atoms with E-state index in [-0.39, 0.29) is 0 Å². The SMILES string of the molecule is COc1ccc(-c2ccc(CCCN[C@H](C(=O)NO)C(C)(C)O)cc2)cc1. The average molecular weight is 372 g/mol. The summed E-state index contributed by atoms with van der Waals surface area (Å²) in [4.78, 5) is 11.6. The van der Waals surface area contributed by atoms with Gasteiger partial charge in [0, 0.05) is 0 Å². The van der Waals surface area contributed by atoms with Gasteiger partial charge in [0.05, 0.1) is 12.7 Å². The molecule has 1 atom stereocenters. The van der Waals surface area contributed by atoms with Crippen molar-refractivity contribution in [1.29, 1.82) is 0 Å². The highest BCUT2D eigenvalue weighted by Gasteiger charge is 2.32. The van der Waals surface area contributed by atoms with Gasteiger partial charge in [0.1, 0.15) is 11.8 Å². The minimum Gasteiger partial charge on any atom is -0.497 e. The van der Waals surface area contributed by atoms with Gasteiger partial charge in [-0.1, -0.05) is 36.4 Å². The van der Waals surface area contributed by atoms with Gasteiger partial charge in [-0.3, -0.25) is 10.0 Å². The second kappa shape index (κ2) is 9.50. The Labute approximate surface area is 160 Å². The number of carbonyl (C=O) groups excluding carboxylic acids is 1. The summed E-state index contributed by atoms with van der Waals surface area (Å²) in [5, 5.41) is 21.8. The number of hydrogen-bond donors (Lipinski definition) is 4. The smallest absolute Gasteiger partial charge is 0.263 e. The molecular weight excluding hydrogens is 344 g/mol. The molecule has 0 saturated heterocycles. The average Bonchev–Trinajstić information content (AvgIpc) is 2.67. The maximum atomic E-state index is 11.6. The fraction of sp³-hybridized carbons (Fsp3) is 0.381. The van der Waals surface area contributed by atoms with E-state index in [4.69, 9.17) is 9.94 Å². The van der Waals surface area contributed by atoms with Crippen molar-refractivity contribution in [3.8, 4) is 16.9 Å². The minimum absolute atomic E-state index is 0.544. The first-order valence-corrected chi connectivity index (χ1v) is 8.98. The molecule has 6 nitrogen and oxygen atoms in total. The molecule has 0 heterocycles. The summed E-state index contributed by atoms with van der Waals surface area (Å²) in [5.41, 5.74) is 3.79. The highest BCUT2D eigenvalue weighted by atomic mass is 16.5. The van der Waals surface area contributed by atoms with Crippen LogP contribution in [-0.2, 0) is 11.2 Å². The lowest BCUT2D eigenvalue weighted by Gasteiger charge is -2.28. The van der Waals surface area contributed by atoms with E-state index in [1.807, 2.05) is 24.3 Å². The van der Waals surface area contributed by atoms with Gasteiger partial charge in [-0.2, -0.15) is 0 Å². The third kappa shape index (κ3) is 6.06. The summed E-state index contributed by atoms with van der Waals surface area (Å²) < 4.78 is 5.18. The van der Waals surface area contributed by atoms with Crippen LogP contribution in [0.15, 0.2) is 48.5 Å². The van der Waals surface area contributed by atoms with Gasteiger partial charge >= 0.3 is 0 Å². The molecule has 146 valence electrons. The Morgan fingerprint density at radius 1 is 1.07 bits per heavy atom. The first kappa shape index (κ1) is 20.9. The Balaban J connectivity index is 1.86. The maximum Gasteiger partial charge on any atom is 0.263 e. The van der Waals surface area contributed by atoms with Crippen LogP contribution in [0.3, 0.4) is 0 Å². The summed E-state index contributed by atoms with van der Waals surface area (Å²) in [7, 11) is 1.65. The highest BCUT2D eigenvalue weighted by molar-refractivity contribution is 5.81. The van der Waals surface area contributed by atoms with E-state index >= 15 is 0 Å². The Morgan fingerprint density at radius 3 is 2.11 bits per heavy atom. The molecule has 0 radical (unpaired) electrons. The number of hydrogen-bond acceptors (Lipinski definition) is 5. The Morgan fingerprint density at radius 2 is 1.63 bits per heavy atom. The topological polar surface area (TPSA) is 90.8 Å². The van der Waals surface area contributed by atoms with Crippen molar-refractivity contribution < 1.29 is 19.8 Å². The van der Waals surface area contributed by atoms with Gasteiger partial charge < -0.3 is 15.2 Å². The Kier molecular flexibility index (Phi) is 7.36. The predicted octanol–water partition coefficient (Wildman–Crippen LogP) is 2.53. The van der Waals surface area contributed by atoms with Gasteiger partial charge in [0.15, 0.2) is 0 Å². The monoisotopic (exact) mass is 372 g/mol. The molecule has 2 aromatic rings. The number of aryl methyl sites for hydroxylation is 1. The number of benzene rings is 2. The fourth-order valence-corrected chi connectivity index (χ4v) is 2.91. The number of aliphatic hydroxyl groups is 1.